The Morgan fingerprint density at radius 1 is 1.15 bits per heavy atom. The number of pyridine rings is 1. The molecule has 0 radical (unpaired) electrons. The zero-order valence-corrected chi connectivity index (χ0v) is 18.3. The van der Waals surface area contributed by atoms with Gasteiger partial charge in [-0.1, -0.05) is 12.1 Å². The van der Waals surface area contributed by atoms with Gasteiger partial charge in [-0.05, 0) is 67.2 Å². The van der Waals surface area contributed by atoms with E-state index in [4.69, 9.17) is 17.0 Å². The summed E-state index contributed by atoms with van der Waals surface area (Å²) in [4.78, 5) is 32.6. The molecule has 2 heterocycles. The number of esters is 1. The molecule has 168 valence electrons. The molecule has 0 fully saturated rings. The van der Waals surface area contributed by atoms with E-state index in [0.717, 1.165) is 5.56 Å². The van der Waals surface area contributed by atoms with Gasteiger partial charge < -0.3 is 9.47 Å². The molecule has 4 rings (SSSR count). The van der Waals surface area contributed by atoms with Crippen molar-refractivity contribution in [3.8, 4) is 22.7 Å². The van der Waals surface area contributed by atoms with E-state index in [9.17, 15) is 18.4 Å². The molecule has 0 spiro atoms. The van der Waals surface area contributed by atoms with E-state index in [1.165, 1.54) is 37.4 Å². The summed E-state index contributed by atoms with van der Waals surface area (Å²) in [6, 6.07) is 14.6. The first-order valence-electron chi connectivity index (χ1n) is 9.69. The smallest absolute Gasteiger partial charge is 0.387 e. The van der Waals surface area contributed by atoms with E-state index >= 15 is 0 Å². The van der Waals surface area contributed by atoms with Crippen LogP contribution in [0.2, 0.25) is 0 Å². The molecule has 10 heteroatoms. The number of nitrogens with zero attached hydrogens (tertiary/aromatic N) is 2. The molecule has 0 saturated heterocycles. The highest BCUT2D eigenvalue weighted by Crippen LogP contribution is 2.27. The molecule has 2 aromatic heterocycles. The van der Waals surface area contributed by atoms with Gasteiger partial charge in [0.1, 0.15) is 5.75 Å². The standard InChI is InChI=1S/C23H17F2N3O4S/c1-12-4-3-5-14(10-12)28-19-18(20(29)27-23(28)33)16(21(30)31-2)11-17(26-19)13-6-8-15(9-7-13)32-22(24)25/h3-11,22H,1-2H3,(H,27,29,33). The van der Waals surface area contributed by atoms with Crippen molar-refractivity contribution < 1.29 is 23.0 Å². The zero-order valence-electron chi connectivity index (χ0n) is 17.5. The second-order valence-corrected chi connectivity index (χ2v) is 7.47. The van der Waals surface area contributed by atoms with Gasteiger partial charge in [0.15, 0.2) is 10.4 Å². The molecule has 0 aliphatic carbocycles. The molecule has 7 nitrogen and oxygen atoms in total. The number of ether oxygens (including phenoxy) is 2. The first-order valence-corrected chi connectivity index (χ1v) is 10.1. The van der Waals surface area contributed by atoms with Crippen molar-refractivity contribution in [2.45, 2.75) is 13.5 Å². The average Bonchev–Trinajstić information content (AvgIpc) is 2.78. The predicted octanol–water partition coefficient (Wildman–Crippen LogP) is 4.81. The average molecular weight is 469 g/mol. The highest BCUT2D eigenvalue weighted by molar-refractivity contribution is 7.71. The molecule has 0 amide bonds. The molecular formula is C23H17F2N3O4S. The van der Waals surface area contributed by atoms with Crippen molar-refractivity contribution in [1.29, 1.82) is 0 Å². The number of carbonyl (C=O) groups excluding carboxylic acids is 1. The summed E-state index contributed by atoms with van der Waals surface area (Å²) in [5.74, 6) is -0.762. The molecule has 0 bridgehead atoms. The van der Waals surface area contributed by atoms with Crippen LogP contribution < -0.4 is 10.3 Å². The van der Waals surface area contributed by atoms with Crippen LogP contribution in [0, 0.1) is 11.7 Å². The Morgan fingerprint density at radius 3 is 2.52 bits per heavy atom. The minimum absolute atomic E-state index is 0.0111. The Morgan fingerprint density at radius 2 is 1.88 bits per heavy atom. The number of rotatable bonds is 5. The summed E-state index contributed by atoms with van der Waals surface area (Å²) < 4.78 is 35.9. The summed E-state index contributed by atoms with van der Waals surface area (Å²) in [5, 5.41) is 0.0124. The maximum Gasteiger partial charge on any atom is 0.387 e. The summed E-state index contributed by atoms with van der Waals surface area (Å²) in [7, 11) is 1.20. The maximum atomic E-state index is 12.8. The van der Waals surface area contributed by atoms with Crippen molar-refractivity contribution in [3.63, 3.8) is 0 Å². The maximum absolute atomic E-state index is 12.8. The lowest BCUT2D eigenvalue weighted by atomic mass is 10.1. The number of methoxy groups -OCH3 is 1. The van der Waals surface area contributed by atoms with Crippen molar-refractivity contribution >= 4 is 29.2 Å². The normalized spacial score (nSPS) is 11.1. The number of aromatic nitrogens is 3. The molecule has 1 N–H and O–H groups in total. The highest BCUT2D eigenvalue weighted by Gasteiger charge is 2.20. The lowest BCUT2D eigenvalue weighted by Gasteiger charge is -2.14. The molecule has 4 aromatic rings. The van der Waals surface area contributed by atoms with E-state index in [1.54, 1.807) is 10.6 Å². The first-order chi connectivity index (χ1) is 15.8. The summed E-state index contributed by atoms with van der Waals surface area (Å²) in [6.45, 7) is -1.05. The quantitative estimate of drug-likeness (QED) is 0.334. The number of hydrogen-bond acceptors (Lipinski definition) is 6. The minimum atomic E-state index is -2.95. The van der Waals surface area contributed by atoms with Gasteiger partial charge >= 0.3 is 12.6 Å². The summed E-state index contributed by atoms with van der Waals surface area (Å²) >= 11 is 5.41. The fourth-order valence-corrected chi connectivity index (χ4v) is 3.75. The molecular weight excluding hydrogens is 452 g/mol. The van der Waals surface area contributed by atoms with E-state index in [1.807, 2.05) is 25.1 Å². The number of aromatic amines is 1. The molecule has 0 atom stereocenters. The van der Waals surface area contributed by atoms with Gasteiger partial charge in [-0.3, -0.25) is 14.3 Å². The third-order valence-corrected chi connectivity index (χ3v) is 5.19. The fraction of sp³-hybridized carbons (Fsp3) is 0.130. The van der Waals surface area contributed by atoms with Gasteiger partial charge in [0.05, 0.1) is 29.4 Å². The van der Waals surface area contributed by atoms with Crippen molar-refractivity contribution in [2.24, 2.45) is 0 Å². The van der Waals surface area contributed by atoms with Gasteiger partial charge in [-0.2, -0.15) is 8.78 Å². The molecule has 0 unspecified atom stereocenters. The first kappa shape index (κ1) is 22.3. The number of fused-ring (bicyclic) bond motifs is 1. The van der Waals surface area contributed by atoms with Crippen LogP contribution in [0.3, 0.4) is 0 Å². The van der Waals surface area contributed by atoms with Crippen LogP contribution >= 0.6 is 12.2 Å². The van der Waals surface area contributed by atoms with Crippen molar-refractivity contribution in [3.05, 3.63) is 80.8 Å². The lowest BCUT2D eigenvalue weighted by Crippen LogP contribution is -2.19. The van der Waals surface area contributed by atoms with Gasteiger partial charge in [0, 0.05) is 5.56 Å². The van der Waals surface area contributed by atoms with Gasteiger partial charge in [0.25, 0.3) is 5.56 Å². The topological polar surface area (TPSA) is 86.2 Å². The fourth-order valence-electron chi connectivity index (χ4n) is 3.46. The Balaban J connectivity index is 2.04. The predicted molar refractivity (Wildman–Crippen MR) is 121 cm³/mol. The Bertz CT molecular complexity index is 1480. The van der Waals surface area contributed by atoms with Gasteiger partial charge in [-0.15, -0.1) is 0 Å². The molecule has 0 aliphatic rings. The van der Waals surface area contributed by atoms with E-state index in [0.29, 0.717) is 16.9 Å². The number of nitrogens with one attached hydrogen (secondary N) is 1. The number of H-pyrrole nitrogens is 1. The van der Waals surface area contributed by atoms with Crippen LogP contribution in [-0.2, 0) is 4.74 Å². The summed E-state index contributed by atoms with van der Waals surface area (Å²) in [6.07, 6.45) is 0. The van der Waals surface area contributed by atoms with E-state index < -0.39 is 18.1 Å². The number of aryl methyl sites for hydroxylation is 1. The van der Waals surface area contributed by atoms with Crippen LogP contribution in [0.25, 0.3) is 28.0 Å². The minimum Gasteiger partial charge on any atom is -0.465 e. The van der Waals surface area contributed by atoms with Gasteiger partial charge in [-0.25, -0.2) is 9.78 Å². The van der Waals surface area contributed by atoms with Crippen molar-refractivity contribution in [1.82, 2.24) is 14.5 Å². The molecule has 0 saturated carbocycles. The van der Waals surface area contributed by atoms with Crippen LogP contribution in [0.5, 0.6) is 5.75 Å². The number of benzene rings is 2. The third kappa shape index (κ3) is 4.37. The monoisotopic (exact) mass is 469 g/mol. The third-order valence-electron chi connectivity index (χ3n) is 4.90. The highest BCUT2D eigenvalue weighted by atomic mass is 32.1. The van der Waals surface area contributed by atoms with Crippen molar-refractivity contribution in [2.75, 3.05) is 7.11 Å². The number of halogens is 2. The second kappa shape index (κ2) is 8.91. The SMILES string of the molecule is COC(=O)c1cc(-c2ccc(OC(F)F)cc2)nc2c1c(=O)[nH]c(=S)n2-c1cccc(C)c1. The molecule has 2 aromatic carbocycles. The Hall–Kier alpha value is -3.92. The Labute approximate surface area is 191 Å². The zero-order chi connectivity index (χ0) is 23.7. The lowest BCUT2D eigenvalue weighted by molar-refractivity contribution is -0.0498. The van der Waals surface area contributed by atoms with Crippen LogP contribution in [0.4, 0.5) is 8.78 Å². The van der Waals surface area contributed by atoms with Crippen LogP contribution in [0.15, 0.2) is 59.4 Å². The Kier molecular flexibility index (Phi) is 6.01. The van der Waals surface area contributed by atoms with E-state index in [-0.39, 0.29) is 27.1 Å². The number of hydrogen-bond donors (Lipinski definition) is 1. The number of carbonyl (C=O) groups is 1. The molecule has 33 heavy (non-hydrogen) atoms. The second-order valence-electron chi connectivity index (χ2n) is 7.08. The molecule has 0 aliphatic heterocycles. The largest absolute Gasteiger partial charge is 0.465 e. The van der Waals surface area contributed by atoms with Crippen LogP contribution in [-0.4, -0.2) is 34.2 Å². The number of alkyl halides is 2. The summed E-state index contributed by atoms with van der Waals surface area (Å²) in [5.41, 5.74) is 1.97. The van der Waals surface area contributed by atoms with Gasteiger partial charge in [0.2, 0.25) is 0 Å². The van der Waals surface area contributed by atoms with Crippen LogP contribution in [0.1, 0.15) is 15.9 Å². The van der Waals surface area contributed by atoms with E-state index in [2.05, 4.69) is 14.7 Å².